The molecule has 19 heavy (non-hydrogen) atoms. The molecule has 2 rings (SSSR count). The Labute approximate surface area is 112 Å². The predicted octanol–water partition coefficient (Wildman–Crippen LogP) is 1.66. The zero-order chi connectivity index (χ0) is 13.8. The number of nitrogen functional groups attached to an aromatic ring is 1. The summed E-state index contributed by atoms with van der Waals surface area (Å²) in [7, 11) is 0. The first-order valence-electron chi connectivity index (χ1n) is 6.36. The highest BCUT2D eigenvalue weighted by Crippen LogP contribution is 2.22. The third kappa shape index (κ3) is 3.08. The highest BCUT2D eigenvalue weighted by molar-refractivity contribution is 5.63. The molecular weight excluding hydrogens is 242 g/mol. The minimum absolute atomic E-state index is 0.0707. The first-order valence-corrected chi connectivity index (χ1v) is 6.36. The summed E-state index contributed by atoms with van der Waals surface area (Å²) in [4.78, 5) is 0. The molecule has 0 bridgehead atoms. The lowest BCUT2D eigenvalue weighted by atomic mass is 10.1. The molecule has 0 aliphatic carbocycles. The monoisotopic (exact) mass is 261 g/mol. The Kier molecular flexibility index (Phi) is 4.11. The molecule has 1 aromatic carbocycles. The number of rotatable bonds is 5. The number of tetrazole rings is 1. The maximum absolute atomic E-state index is 5.76. The lowest BCUT2D eigenvalue weighted by molar-refractivity contribution is 0.0614. The van der Waals surface area contributed by atoms with Crippen LogP contribution < -0.4 is 5.73 Å². The van der Waals surface area contributed by atoms with E-state index in [0.717, 1.165) is 22.6 Å². The third-order valence-electron chi connectivity index (χ3n) is 2.90. The molecule has 1 atom stereocenters. The van der Waals surface area contributed by atoms with E-state index < -0.39 is 0 Å². The number of aryl methyl sites for hydroxylation is 1. The molecule has 0 aliphatic heterocycles. The summed E-state index contributed by atoms with van der Waals surface area (Å²) < 4.78 is 7.28. The molecule has 0 saturated heterocycles. The maximum Gasteiger partial charge on any atom is 0.182 e. The molecule has 0 radical (unpaired) electrons. The van der Waals surface area contributed by atoms with Crippen molar-refractivity contribution in [3.05, 3.63) is 23.8 Å². The summed E-state index contributed by atoms with van der Waals surface area (Å²) >= 11 is 0. The minimum Gasteiger partial charge on any atom is -0.399 e. The van der Waals surface area contributed by atoms with E-state index in [1.807, 2.05) is 39.0 Å². The van der Waals surface area contributed by atoms with Gasteiger partial charge in [-0.05, 0) is 55.0 Å². The molecule has 0 aliphatic rings. The van der Waals surface area contributed by atoms with E-state index >= 15 is 0 Å². The highest BCUT2D eigenvalue weighted by atomic mass is 16.5. The molecule has 1 unspecified atom stereocenters. The lowest BCUT2D eigenvalue weighted by Crippen LogP contribution is -2.18. The van der Waals surface area contributed by atoms with E-state index in [2.05, 4.69) is 15.5 Å². The van der Waals surface area contributed by atoms with E-state index in [1.54, 1.807) is 4.68 Å². The average Bonchev–Trinajstić information content (AvgIpc) is 2.77. The van der Waals surface area contributed by atoms with Crippen LogP contribution in [0, 0.1) is 6.92 Å². The molecule has 0 saturated carbocycles. The Morgan fingerprint density at radius 1 is 1.42 bits per heavy atom. The van der Waals surface area contributed by atoms with E-state index in [-0.39, 0.29) is 6.10 Å². The van der Waals surface area contributed by atoms with Crippen molar-refractivity contribution in [2.75, 3.05) is 12.3 Å². The minimum atomic E-state index is 0.0707. The fourth-order valence-electron chi connectivity index (χ4n) is 2.04. The van der Waals surface area contributed by atoms with Gasteiger partial charge in [-0.15, -0.1) is 5.10 Å². The zero-order valence-corrected chi connectivity index (χ0v) is 11.5. The maximum atomic E-state index is 5.76. The number of nitrogens with zero attached hydrogens (tertiary/aromatic N) is 4. The van der Waals surface area contributed by atoms with Gasteiger partial charge in [0, 0.05) is 17.9 Å². The second-order valence-electron chi connectivity index (χ2n) is 4.52. The van der Waals surface area contributed by atoms with Crippen molar-refractivity contribution in [1.82, 2.24) is 20.2 Å². The summed E-state index contributed by atoms with van der Waals surface area (Å²) in [6.07, 6.45) is 0.0707. The quantitative estimate of drug-likeness (QED) is 0.828. The van der Waals surface area contributed by atoms with Gasteiger partial charge in [0.1, 0.15) is 0 Å². The number of nitrogens with two attached hydrogens (primary N) is 1. The SMILES string of the molecule is CCOC(C)Cn1nnnc1-c1ccc(N)cc1C. The summed E-state index contributed by atoms with van der Waals surface area (Å²) in [6.45, 7) is 7.28. The van der Waals surface area contributed by atoms with Crippen LogP contribution in [0.2, 0.25) is 0 Å². The summed E-state index contributed by atoms with van der Waals surface area (Å²) in [5.41, 5.74) is 8.54. The zero-order valence-electron chi connectivity index (χ0n) is 11.5. The summed E-state index contributed by atoms with van der Waals surface area (Å²) in [6, 6.07) is 5.71. The summed E-state index contributed by atoms with van der Waals surface area (Å²) in [5, 5.41) is 11.9. The van der Waals surface area contributed by atoms with E-state index in [1.165, 1.54) is 0 Å². The van der Waals surface area contributed by atoms with Crippen molar-refractivity contribution in [2.24, 2.45) is 0 Å². The molecule has 102 valence electrons. The van der Waals surface area contributed by atoms with E-state index in [9.17, 15) is 0 Å². The number of ether oxygens (including phenoxy) is 1. The van der Waals surface area contributed by atoms with Gasteiger partial charge in [0.2, 0.25) is 0 Å². The molecular formula is C13H19N5O. The Morgan fingerprint density at radius 2 is 2.21 bits per heavy atom. The number of hydrogen-bond acceptors (Lipinski definition) is 5. The molecule has 0 spiro atoms. The molecule has 0 fully saturated rings. The molecule has 1 heterocycles. The Morgan fingerprint density at radius 3 is 2.89 bits per heavy atom. The van der Waals surface area contributed by atoms with Crippen molar-refractivity contribution in [1.29, 1.82) is 0 Å². The molecule has 6 nitrogen and oxygen atoms in total. The van der Waals surface area contributed by atoms with Crippen LogP contribution in [0.15, 0.2) is 18.2 Å². The van der Waals surface area contributed by atoms with E-state index in [4.69, 9.17) is 10.5 Å². The van der Waals surface area contributed by atoms with Crippen LogP contribution in [-0.4, -0.2) is 32.9 Å². The van der Waals surface area contributed by atoms with Crippen LogP contribution in [0.4, 0.5) is 5.69 Å². The smallest absolute Gasteiger partial charge is 0.182 e. The van der Waals surface area contributed by atoms with Gasteiger partial charge < -0.3 is 10.5 Å². The van der Waals surface area contributed by atoms with Gasteiger partial charge in [0.05, 0.1) is 12.6 Å². The molecule has 0 amide bonds. The second-order valence-corrected chi connectivity index (χ2v) is 4.52. The van der Waals surface area contributed by atoms with Gasteiger partial charge in [0.15, 0.2) is 5.82 Å². The van der Waals surface area contributed by atoms with Crippen LogP contribution in [0.5, 0.6) is 0 Å². The number of benzene rings is 1. The third-order valence-corrected chi connectivity index (χ3v) is 2.90. The Hall–Kier alpha value is -1.95. The van der Waals surface area contributed by atoms with Crippen LogP contribution in [0.25, 0.3) is 11.4 Å². The van der Waals surface area contributed by atoms with Crippen LogP contribution in [0.1, 0.15) is 19.4 Å². The highest BCUT2D eigenvalue weighted by Gasteiger charge is 2.13. The topological polar surface area (TPSA) is 78.8 Å². The molecule has 6 heteroatoms. The average molecular weight is 261 g/mol. The largest absolute Gasteiger partial charge is 0.399 e. The van der Waals surface area contributed by atoms with Crippen LogP contribution in [0.3, 0.4) is 0 Å². The fraction of sp³-hybridized carbons (Fsp3) is 0.462. The standard InChI is InChI=1S/C13H19N5O/c1-4-19-10(3)8-18-13(15-16-17-18)12-6-5-11(14)7-9(12)2/h5-7,10H,4,8,14H2,1-3H3. The number of hydrogen-bond donors (Lipinski definition) is 1. The normalized spacial score (nSPS) is 12.6. The van der Waals surface area contributed by atoms with Crippen molar-refractivity contribution < 1.29 is 4.74 Å². The van der Waals surface area contributed by atoms with Gasteiger partial charge in [0.25, 0.3) is 0 Å². The van der Waals surface area contributed by atoms with Gasteiger partial charge >= 0.3 is 0 Å². The first-order chi connectivity index (χ1) is 9.11. The van der Waals surface area contributed by atoms with Crippen LogP contribution in [-0.2, 0) is 11.3 Å². The molecule has 2 aromatic rings. The van der Waals surface area contributed by atoms with Crippen LogP contribution >= 0.6 is 0 Å². The Balaban J connectivity index is 2.28. The van der Waals surface area contributed by atoms with Crippen molar-refractivity contribution in [3.8, 4) is 11.4 Å². The van der Waals surface area contributed by atoms with E-state index in [0.29, 0.717) is 13.2 Å². The van der Waals surface area contributed by atoms with Gasteiger partial charge in [-0.1, -0.05) is 0 Å². The Bertz CT molecular complexity index is 552. The van der Waals surface area contributed by atoms with Crippen molar-refractivity contribution >= 4 is 5.69 Å². The number of anilines is 1. The molecule has 2 N–H and O–H groups in total. The second kappa shape index (κ2) is 5.79. The lowest BCUT2D eigenvalue weighted by Gasteiger charge is -2.13. The summed E-state index contributed by atoms with van der Waals surface area (Å²) in [5.74, 6) is 0.740. The van der Waals surface area contributed by atoms with Gasteiger partial charge in [-0.2, -0.15) is 0 Å². The van der Waals surface area contributed by atoms with Gasteiger partial charge in [-0.25, -0.2) is 4.68 Å². The fourth-order valence-corrected chi connectivity index (χ4v) is 2.04. The molecule has 1 aromatic heterocycles. The van der Waals surface area contributed by atoms with Gasteiger partial charge in [-0.3, -0.25) is 0 Å². The first kappa shape index (κ1) is 13.5. The van der Waals surface area contributed by atoms with Crippen molar-refractivity contribution in [2.45, 2.75) is 33.4 Å². The van der Waals surface area contributed by atoms with Crippen molar-refractivity contribution in [3.63, 3.8) is 0 Å². The predicted molar refractivity (Wildman–Crippen MR) is 73.5 cm³/mol. The number of aromatic nitrogens is 4.